The summed E-state index contributed by atoms with van der Waals surface area (Å²) >= 11 is 0. The number of morpholine rings is 1. The summed E-state index contributed by atoms with van der Waals surface area (Å²) in [5, 5.41) is 10.2. The van der Waals surface area contributed by atoms with Crippen LogP contribution in [0.3, 0.4) is 0 Å². The number of anilines is 3. The molecule has 43 heavy (non-hydrogen) atoms. The molecule has 2 amide bonds. The molecule has 0 unspecified atom stereocenters. The molecule has 0 aromatic carbocycles. The van der Waals surface area contributed by atoms with Crippen molar-refractivity contribution >= 4 is 29.4 Å². The summed E-state index contributed by atoms with van der Waals surface area (Å²) in [6, 6.07) is 5.89. The van der Waals surface area contributed by atoms with E-state index in [0.717, 1.165) is 5.69 Å². The summed E-state index contributed by atoms with van der Waals surface area (Å²) in [7, 11) is 0. The van der Waals surface area contributed by atoms with Crippen LogP contribution in [0, 0.1) is 11.3 Å². The number of carbonyl (C=O) groups excluding carboxylic acids is 2. The van der Waals surface area contributed by atoms with Gasteiger partial charge in [0.1, 0.15) is 29.6 Å². The molecular formula is C31H40N6O6. The topological polar surface area (TPSA) is 130 Å². The van der Waals surface area contributed by atoms with Gasteiger partial charge in [-0.05, 0) is 66.5 Å². The van der Waals surface area contributed by atoms with Gasteiger partial charge in [0.2, 0.25) is 0 Å². The lowest BCUT2D eigenvalue weighted by atomic mass is 9.92. The van der Waals surface area contributed by atoms with E-state index >= 15 is 0 Å². The summed E-state index contributed by atoms with van der Waals surface area (Å²) in [6.07, 6.45) is 1.94. The summed E-state index contributed by atoms with van der Waals surface area (Å²) in [4.78, 5) is 41.2. The maximum absolute atomic E-state index is 13.9. The maximum atomic E-state index is 13.9. The van der Waals surface area contributed by atoms with E-state index in [1.165, 1.54) is 4.90 Å². The normalized spacial score (nSPS) is 17.7. The molecule has 0 bridgehead atoms. The zero-order valence-corrected chi connectivity index (χ0v) is 25.8. The number of hydrogen-bond acceptors (Lipinski definition) is 10. The van der Waals surface area contributed by atoms with Gasteiger partial charge in [0.25, 0.3) is 0 Å². The quantitative estimate of drug-likeness (QED) is 0.455. The smallest absolute Gasteiger partial charge is 0.420 e. The number of piperidine rings is 1. The van der Waals surface area contributed by atoms with E-state index in [0.29, 0.717) is 75.0 Å². The first-order chi connectivity index (χ1) is 20.3. The Morgan fingerprint density at radius 3 is 2.26 bits per heavy atom. The summed E-state index contributed by atoms with van der Waals surface area (Å²) < 4.78 is 23.2. The Bertz CT molecular complexity index is 1410. The third kappa shape index (κ3) is 6.77. The van der Waals surface area contributed by atoms with Crippen LogP contribution < -0.4 is 14.5 Å². The number of pyridine rings is 2. The molecule has 2 aromatic heterocycles. The van der Waals surface area contributed by atoms with Gasteiger partial charge in [0.15, 0.2) is 17.3 Å². The zero-order valence-electron chi connectivity index (χ0n) is 25.8. The van der Waals surface area contributed by atoms with Crippen molar-refractivity contribution in [1.82, 2.24) is 14.9 Å². The highest BCUT2D eigenvalue weighted by molar-refractivity contribution is 5.99. The number of nitriles is 1. The zero-order chi connectivity index (χ0) is 30.9. The first-order valence-electron chi connectivity index (χ1n) is 14.7. The van der Waals surface area contributed by atoms with Crippen LogP contribution >= 0.6 is 0 Å². The Morgan fingerprint density at radius 1 is 0.977 bits per heavy atom. The Kier molecular flexibility index (Phi) is 8.38. The lowest BCUT2D eigenvalue weighted by molar-refractivity contribution is 0.0203. The first-order valence-corrected chi connectivity index (χ1v) is 14.7. The number of carbonyl (C=O) groups is 2. The number of ether oxygens (including phenoxy) is 4. The number of fused-ring (bicyclic) bond motifs is 2. The Morgan fingerprint density at radius 2 is 1.63 bits per heavy atom. The second kappa shape index (κ2) is 11.9. The molecule has 12 heteroatoms. The standard InChI is InChI=1S/C31H40N6O6/c1-30(2,3)42-28(38)36-11-8-20(9-12-36)22-17-25-26(23(18-32)34-22)41-19-21-24(35-13-15-40-16-14-35)7-10-33-27(21)37(25)29(39)43-31(4,5)6/h7,10,17,20H,8-9,11-16,19H2,1-6H3. The van der Waals surface area contributed by atoms with Gasteiger partial charge >= 0.3 is 12.2 Å². The average Bonchev–Trinajstić information content (AvgIpc) is 3.12. The van der Waals surface area contributed by atoms with Crippen molar-refractivity contribution in [3.8, 4) is 11.8 Å². The van der Waals surface area contributed by atoms with Gasteiger partial charge < -0.3 is 28.7 Å². The van der Waals surface area contributed by atoms with E-state index in [9.17, 15) is 14.9 Å². The van der Waals surface area contributed by atoms with Crippen LogP contribution in [0.4, 0.5) is 26.8 Å². The van der Waals surface area contributed by atoms with Gasteiger partial charge in [-0.15, -0.1) is 0 Å². The second-order valence-electron chi connectivity index (χ2n) is 12.9. The number of rotatable bonds is 2. The molecule has 12 nitrogen and oxygen atoms in total. The largest absolute Gasteiger partial charge is 0.483 e. The molecule has 2 fully saturated rings. The van der Waals surface area contributed by atoms with Crippen LogP contribution in [0.2, 0.25) is 0 Å². The van der Waals surface area contributed by atoms with Gasteiger partial charge in [-0.1, -0.05) is 0 Å². The fourth-order valence-electron chi connectivity index (χ4n) is 5.47. The van der Waals surface area contributed by atoms with Gasteiger partial charge in [-0.2, -0.15) is 5.26 Å². The molecule has 0 saturated carbocycles. The molecule has 5 heterocycles. The second-order valence-corrected chi connectivity index (χ2v) is 12.9. The van der Waals surface area contributed by atoms with E-state index in [-0.39, 0.29) is 30.1 Å². The highest BCUT2D eigenvalue weighted by Crippen LogP contribution is 2.45. The van der Waals surface area contributed by atoms with Crippen molar-refractivity contribution in [3.63, 3.8) is 0 Å². The number of aromatic nitrogens is 2. The van der Waals surface area contributed by atoms with Gasteiger partial charge in [0, 0.05) is 49.7 Å². The van der Waals surface area contributed by atoms with Crippen LogP contribution in [-0.4, -0.2) is 77.6 Å². The van der Waals surface area contributed by atoms with Crippen molar-refractivity contribution in [2.75, 3.05) is 49.2 Å². The van der Waals surface area contributed by atoms with E-state index in [2.05, 4.69) is 16.0 Å². The van der Waals surface area contributed by atoms with Crippen LogP contribution in [0.5, 0.6) is 5.75 Å². The van der Waals surface area contributed by atoms with E-state index in [4.69, 9.17) is 23.9 Å². The minimum atomic E-state index is -0.783. The van der Waals surface area contributed by atoms with Crippen LogP contribution in [0.25, 0.3) is 0 Å². The Hall–Kier alpha value is -4.11. The van der Waals surface area contributed by atoms with E-state index in [1.54, 1.807) is 37.9 Å². The molecule has 3 aliphatic rings. The minimum Gasteiger partial charge on any atom is -0.483 e. The van der Waals surface area contributed by atoms with Gasteiger partial charge in [0.05, 0.1) is 18.8 Å². The van der Waals surface area contributed by atoms with E-state index in [1.807, 2.05) is 26.8 Å². The first kappa shape index (κ1) is 30.4. The van der Waals surface area contributed by atoms with Crippen LogP contribution in [0.15, 0.2) is 18.3 Å². The van der Waals surface area contributed by atoms with E-state index < -0.39 is 17.3 Å². The molecule has 0 aliphatic carbocycles. The minimum absolute atomic E-state index is 0.0491. The lowest BCUT2D eigenvalue weighted by Gasteiger charge is -2.34. The van der Waals surface area contributed by atoms with Gasteiger partial charge in [-0.25, -0.2) is 24.5 Å². The predicted molar refractivity (Wildman–Crippen MR) is 159 cm³/mol. The Balaban J connectivity index is 1.54. The highest BCUT2D eigenvalue weighted by Gasteiger charge is 2.37. The molecule has 0 N–H and O–H groups in total. The van der Waals surface area contributed by atoms with Crippen molar-refractivity contribution in [1.29, 1.82) is 5.26 Å². The molecule has 0 atom stereocenters. The lowest BCUT2D eigenvalue weighted by Crippen LogP contribution is -2.41. The number of amides is 2. The third-order valence-electron chi connectivity index (χ3n) is 7.39. The SMILES string of the molecule is CC(C)(C)OC(=O)N1CCC(c2cc3c(c(C#N)n2)OCc2c(N4CCOCC4)ccnc2N3C(=O)OC(C)(C)C)CC1. The summed E-state index contributed by atoms with van der Waals surface area (Å²) in [5.41, 5.74) is 1.31. The fraction of sp³-hybridized carbons (Fsp3) is 0.581. The van der Waals surface area contributed by atoms with Gasteiger partial charge in [-0.3, -0.25) is 0 Å². The molecule has 0 spiro atoms. The Labute approximate surface area is 252 Å². The predicted octanol–water partition coefficient (Wildman–Crippen LogP) is 5.26. The molecule has 230 valence electrons. The number of hydrogen-bond donors (Lipinski definition) is 0. The third-order valence-corrected chi connectivity index (χ3v) is 7.39. The molecule has 5 rings (SSSR count). The van der Waals surface area contributed by atoms with Crippen molar-refractivity contribution in [2.45, 2.75) is 78.1 Å². The van der Waals surface area contributed by atoms with Crippen LogP contribution in [-0.2, 0) is 20.8 Å². The summed E-state index contributed by atoms with van der Waals surface area (Å²) in [5.74, 6) is 0.541. The molecule has 0 radical (unpaired) electrons. The molecule has 2 aromatic rings. The van der Waals surface area contributed by atoms with Crippen molar-refractivity contribution in [3.05, 3.63) is 35.3 Å². The average molecular weight is 593 g/mol. The fourth-order valence-corrected chi connectivity index (χ4v) is 5.47. The molecular weight excluding hydrogens is 552 g/mol. The number of likely N-dealkylation sites (tertiary alicyclic amines) is 1. The highest BCUT2D eigenvalue weighted by atomic mass is 16.6. The van der Waals surface area contributed by atoms with Crippen molar-refractivity contribution in [2.24, 2.45) is 0 Å². The molecule has 3 aliphatic heterocycles. The van der Waals surface area contributed by atoms with Crippen LogP contribution in [0.1, 0.15) is 77.3 Å². The summed E-state index contributed by atoms with van der Waals surface area (Å²) in [6.45, 7) is 14.5. The number of nitrogens with zero attached hydrogens (tertiary/aromatic N) is 6. The molecule has 2 saturated heterocycles. The monoisotopic (exact) mass is 592 g/mol. The van der Waals surface area contributed by atoms with Crippen molar-refractivity contribution < 1.29 is 28.5 Å². The maximum Gasteiger partial charge on any atom is 0.420 e.